The van der Waals surface area contributed by atoms with Gasteiger partial charge in [-0.2, -0.15) is 0 Å². The largest absolute Gasteiger partial charge is 0.353 e. The molecule has 0 radical (unpaired) electrons. The van der Waals surface area contributed by atoms with Crippen LogP contribution in [-0.2, 0) is 0 Å². The SMILES string of the molecule is O=[N+]([O-])c1cc2[nH]c1c(-c1ccccc1)c1nc(c(-c3ccccc3)c3[nH]c(c(-c4ccccc4)c4nc(c2-c2ccccc2)C(c2cccs2)=C4c2cccs2)c(-c2cccs2)c3-c2cccs2)C(c2cccs2)=C1c1cccs1. The minimum absolute atomic E-state index is 0.0816. The molecule has 15 rings (SSSR count). The van der Waals surface area contributed by atoms with Crippen LogP contribution in [0.2, 0.25) is 0 Å². The molecule has 0 unspecified atom stereocenters. The Hall–Kier alpha value is -8.92. The third kappa shape index (κ3) is 8.39. The first-order valence-electron chi connectivity index (χ1n) is 26.1. The molecule has 8 bridgehead atoms. The maximum Gasteiger partial charge on any atom is 0.295 e. The first-order valence-corrected chi connectivity index (χ1v) is 31.4. The molecule has 386 valence electrons. The second-order valence-electron chi connectivity index (χ2n) is 19.3. The monoisotopic (exact) mass is 1150 g/mol. The van der Waals surface area contributed by atoms with Crippen molar-refractivity contribution in [2.45, 2.75) is 0 Å². The van der Waals surface area contributed by atoms with Crippen molar-refractivity contribution < 1.29 is 4.92 Å². The quantitative estimate of drug-likeness (QED) is 0.0995. The number of nitrogens with one attached hydrogen (secondary N) is 2. The Balaban J connectivity index is 1.32. The molecule has 0 spiro atoms. The van der Waals surface area contributed by atoms with Gasteiger partial charge in [0.1, 0.15) is 5.52 Å². The molecule has 0 amide bonds. The van der Waals surface area contributed by atoms with Crippen LogP contribution in [0.3, 0.4) is 0 Å². The third-order valence-corrected chi connectivity index (χ3v) is 20.0. The second kappa shape index (κ2) is 20.6. The summed E-state index contributed by atoms with van der Waals surface area (Å²) in [6.07, 6.45) is 0. The van der Waals surface area contributed by atoms with E-state index >= 15 is 0 Å². The van der Waals surface area contributed by atoms with E-state index in [1.54, 1.807) is 74.1 Å². The molecular formula is C68H41N5O2S6. The van der Waals surface area contributed by atoms with E-state index in [2.05, 4.69) is 188 Å². The van der Waals surface area contributed by atoms with Crippen LogP contribution in [0.5, 0.6) is 0 Å². The fourth-order valence-corrected chi connectivity index (χ4v) is 16.1. The minimum Gasteiger partial charge on any atom is -0.353 e. The summed E-state index contributed by atoms with van der Waals surface area (Å²) < 4.78 is 0. The highest BCUT2D eigenvalue weighted by Crippen LogP contribution is 2.56. The number of aromatic amines is 2. The maximum absolute atomic E-state index is 14.2. The van der Waals surface area contributed by atoms with Gasteiger partial charge in [-0.1, -0.05) is 158 Å². The molecule has 0 atom stereocenters. The van der Waals surface area contributed by atoms with E-state index in [9.17, 15) is 10.1 Å². The van der Waals surface area contributed by atoms with Crippen LogP contribution in [0.4, 0.5) is 5.69 Å². The molecule has 2 aliphatic rings. The summed E-state index contributed by atoms with van der Waals surface area (Å²) in [7, 11) is 0. The molecule has 0 saturated heterocycles. The van der Waals surface area contributed by atoms with Crippen molar-refractivity contribution in [2.75, 3.05) is 0 Å². The zero-order valence-electron chi connectivity index (χ0n) is 42.6. The van der Waals surface area contributed by atoms with Crippen molar-refractivity contribution in [1.82, 2.24) is 19.9 Å². The van der Waals surface area contributed by atoms with Crippen LogP contribution >= 0.6 is 68.0 Å². The first-order chi connectivity index (χ1) is 40.1. The number of rotatable bonds is 11. The summed E-state index contributed by atoms with van der Waals surface area (Å²) in [6.45, 7) is 0. The highest BCUT2D eigenvalue weighted by atomic mass is 32.1. The lowest BCUT2D eigenvalue weighted by Gasteiger charge is -2.12. The number of benzene rings is 4. The van der Waals surface area contributed by atoms with Crippen molar-refractivity contribution in [3.05, 3.63) is 285 Å². The van der Waals surface area contributed by atoms with E-state index in [-0.39, 0.29) is 10.6 Å². The van der Waals surface area contributed by atoms with Crippen molar-refractivity contribution in [1.29, 1.82) is 0 Å². The molecule has 13 aromatic rings. The molecule has 81 heavy (non-hydrogen) atoms. The molecule has 9 aromatic heterocycles. The lowest BCUT2D eigenvalue weighted by molar-refractivity contribution is -0.382. The van der Waals surface area contributed by atoms with E-state index in [1.807, 2.05) is 48.5 Å². The molecule has 2 aliphatic heterocycles. The Morgan fingerprint density at radius 1 is 0.321 bits per heavy atom. The van der Waals surface area contributed by atoms with Crippen molar-refractivity contribution in [3.8, 4) is 65.4 Å². The summed E-state index contributed by atoms with van der Waals surface area (Å²) >= 11 is 10.0. The number of thiophene rings is 6. The highest BCUT2D eigenvalue weighted by molar-refractivity contribution is 7.15. The fourth-order valence-electron chi connectivity index (χ4n) is 11.4. The standard InChI is InChI=1S/C68H41N5O2S6/c74-73(75)45-39-44-52(40-19-5-1-6-20-40)63-56(46-27-13-33-76-46)57(47-28-14-34-77-47)65(70-63)54(42-23-9-3-10-24-42)67-60(50-31-17-37-80-50)61(51-32-18-38-81-51)68(72-67)55(43-25-11-4-12-26-43)66-59(49-30-16-36-79-49)58(48-29-15-35-78-48)64(71-66)53(62(45)69-44)41-21-7-2-8-22-41/h1-39,69,72H. The summed E-state index contributed by atoms with van der Waals surface area (Å²) in [5.74, 6) is 0. The van der Waals surface area contributed by atoms with Gasteiger partial charge in [0.2, 0.25) is 0 Å². The van der Waals surface area contributed by atoms with Crippen molar-refractivity contribution in [3.63, 3.8) is 0 Å². The Morgan fingerprint density at radius 2 is 0.617 bits per heavy atom. The van der Waals surface area contributed by atoms with Gasteiger partial charge in [-0.15, -0.1) is 68.0 Å². The third-order valence-electron chi connectivity index (χ3n) is 14.7. The van der Waals surface area contributed by atoms with Gasteiger partial charge < -0.3 is 9.97 Å². The molecule has 0 saturated carbocycles. The summed E-state index contributed by atoms with van der Waals surface area (Å²) in [5, 5.41) is 27.0. The van der Waals surface area contributed by atoms with Crippen molar-refractivity contribution in [2.24, 2.45) is 0 Å². The lowest BCUT2D eigenvalue weighted by Crippen LogP contribution is -1.93. The minimum atomic E-state index is -0.257. The maximum atomic E-state index is 14.2. The smallest absolute Gasteiger partial charge is 0.295 e. The number of hydrogen-bond donors (Lipinski definition) is 2. The molecule has 0 fully saturated rings. The molecule has 2 N–H and O–H groups in total. The van der Waals surface area contributed by atoms with Gasteiger partial charge in [-0.05, 0) is 90.9 Å². The fraction of sp³-hybridized carbons (Fsp3) is 0. The first kappa shape index (κ1) is 49.1. The van der Waals surface area contributed by atoms with Gasteiger partial charge in [0.15, 0.2) is 0 Å². The molecule has 7 nitrogen and oxygen atoms in total. The topological polar surface area (TPSA) is 100 Å². The van der Waals surface area contributed by atoms with Crippen LogP contribution in [0, 0.1) is 10.1 Å². The predicted molar refractivity (Wildman–Crippen MR) is 343 cm³/mol. The highest BCUT2D eigenvalue weighted by Gasteiger charge is 2.36. The number of hydrogen-bond acceptors (Lipinski definition) is 10. The molecule has 13 heteroatoms. The van der Waals surface area contributed by atoms with E-state index in [4.69, 9.17) is 9.97 Å². The number of nitro groups is 1. The molecule has 11 heterocycles. The van der Waals surface area contributed by atoms with E-state index in [0.717, 1.165) is 124 Å². The lowest BCUT2D eigenvalue weighted by atomic mass is 9.91. The average molecular weight is 1150 g/mol. The number of nitrogens with zero attached hydrogens (tertiary/aromatic N) is 3. The van der Waals surface area contributed by atoms with Gasteiger partial charge in [0.05, 0.1) is 44.2 Å². The van der Waals surface area contributed by atoms with Crippen LogP contribution in [0.1, 0.15) is 42.3 Å². The van der Waals surface area contributed by atoms with Crippen LogP contribution in [0.15, 0.2) is 232 Å². The Labute approximate surface area is 489 Å². The van der Waals surface area contributed by atoms with Gasteiger partial charge in [0, 0.05) is 91.0 Å². The molecule has 4 aromatic carbocycles. The van der Waals surface area contributed by atoms with Crippen LogP contribution < -0.4 is 0 Å². The van der Waals surface area contributed by atoms with E-state index in [0.29, 0.717) is 28.0 Å². The van der Waals surface area contributed by atoms with Gasteiger partial charge in [0.25, 0.3) is 5.69 Å². The second-order valence-corrected chi connectivity index (χ2v) is 25.0. The Morgan fingerprint density at radius 3 is 0.926 bits per heavy atom. The van der Waals surface area contributed by atoms with Gasteiger partial charge in [-0.3, -0.25) is 10.1 Å². The van der Waals surface area contributed by atoms with Crippen LogP contribution in [0.25, 0.3) is 110 Å². The van der Waals surface area contributed by atoms with Gasteiger partial charge in [-0.25, -0.2) is 9.97 Å². The van der Waals surface area contributed by atoms with E-state index in [1.165, 1.54) is 0 Å². The normalized spacial score (nSPS) is 12.4. The Kier molecular flexibility index (Phi) is 12.5. The van der Waals surface area contributed by atoms with Crippen molar-refractivity contribution >= 4 is 118 Å². The van der Waals surface area contributed by atoms with Gasteiger partial charge >= 0.3 is 0 Å². The summed E-state index contributed by atoms with van der Waals surface area (Å²) in [4.78, 5) is 40.5. The zero-order chi connectivity index (χ0) is 54.0. The summed E-state index contributed by atoms with van der Waals surface area (Å²) in [5.41, 5.74) is 17.9. The molecule has 0 aliphatic carbocycles. The zero-order valence-corrected chi connectivity index (χ0v) is 47.5. The molecular weight excluding hydrogens is 1110 g/mol. The number of aromatic nitrogens is 4. The average Bonchev–Trinajstić information content (AvgIpc) is 4.51. The predicted octanol–water partition coefficient (Wildman–Crippen LogP) is 20.6. The van der Waals surface area contributed by atoms with Crippen LogP contribution in [-0.4, -0.2) is 24.9 Å². The van der Waals surface area contributed by atoms with E-state index < -0.39 is 0 Å². The summed E-state index contributed by atoms with van der Waals surface area (Å²) in [6, 6.07) is 68.9. The number of H-pyrrole nitrogens is 2. The number of fused-ring (bicyclic) bond motifs is 8. The Bertz CT molecular complexity index is 4710.